The summed E-state index contributed by atoms with van der Waals surface area (Å²) in [6, 6.07) is 11.4. The third-order valence-electron chi connectivity index (χ3n) is 6.38. The minimum absolute atomic E-state index is 0.0376. The number of carbonyl (C=O) groups is 1. The van der Waals surface area contributed by atoms with Crippen molar-refractivity contribution in [3.05, 3.63) is 70.1 Å². The number of Topliss-reactive ketones (excluding diaryl/α,β-unsaturated/α-hetero) is 1. The van der Waals surface area contributed by atoms with E-state index >= 15 is 0 Å². The summed E-state index contributed by atoms with van der Waals surface area (Å²) in [5.41, 5.74) is 5.88. The van der Waals surface area contributed by atoms with E-state index in [1.54, 1.807) is 27.5 Å². The zero-order chi connectivity index (χ0) is 24.0. The van der Waals surface area contributed by atoms with Gasteiger partial charge in [0.1, 0.15) is 0 Å². The average molecular weight is 478 g/mol. The monoisotopic (exact) mass is 477 g/mol. The molecular weight excluding hydrogens is 454 g/mol. The fraction of sp³-hybridized carbons (Fsp3) is 0.269. The summed E-state index contributed by atoms with van der Waals surface area (Å²) in [6.07, 6.45) is 2.67. The van der Waals surface area contributed by atoms with E-state index in [1.807, 2.05) is 47.8 Å². The van der Waals surface area contributed by atoms with Crippen LogP contribution in [0.1, 0.15) is 39.6 Å². The zero-order valence-corrected chi connectivity index (χ0v) is 20.1. The molecule has 7 nitrogen and oxygen atoms in total. The molecule has 0 N–H and O–H groups in total. The molecule has 0 amide bonds. The quantitative estimate of drug-likeness (QED) is 0.388. The molecule has 4 aromatic rings. The number of rotatable bonds is 5. The van der Waals surface area contributed by atoms with E-state index in [0.29, 0.717) is 40.7 Å². The number of aryl methyl sites for hydroxylation is 1. The number of benzene rings is 2. The fourth-order valence-electron chi connectivity index (χ4n) is 4.73. The average Bonchev–Trinajstić information content (AvgIpc) is 3.19. The molecule has 0 radical (unpaired) electrons. The molecule has 174 valence electrons. The molecule has 0 fully saturated rings. The van der Waals surface area contributed by atoms with E-state index in [9.17, 15) is 4.79 Å². The summed E-state index contributed by atoms with van der Waals surface area (Å²) in [7, 11) is 4.74. The van der Waals surface area contributed by atoms with Gasteiger partial charge in [-0.25, -0.2) is 9.50 Å². The van der Waals surface area contributed by atoms with Crippen molar-refractivity contribution in [3.63, 3.8) is 0 Å². The maximum absolute atomic E-state index is 13.2. The summed E-state index contributed by atoms with van der Waals surface area (Å²) >= 11 is 6.08. The number of fused-ring (bicyclic) bond motifs is 3. The molecular formula is C26H24ClN3O4. The summed E-state index contributed by atoms with van der Waals surface area (Å²) in [6.45, 7) is 1.95. The van der Waals surface area contributed by atoms with Gasteiger partial charge in [0.25, 0.3) is 0 Å². The van der Waals surface area contributed by atoms with E-state index in [-0.39, 0.29) is 11.7 Å². The largest absolute Gasteiger partial charge is 0.493 e. The van der Waals surface area contributed by atoms with Crippen LogP contribution in [0.2, 0.25) is 5.02 Å². The third-order valence-corrected chi connectivity index (χ3v) is 6.63. The van der Waals surface area contributed by atoms with Gasteiger partial charge in [-0.1, -0.05) is 23.7 Å². The molecule has 0 bridgehead atoms. The van der Waals surface area contributed by atoms with Crippen LogP contribution >= 0.6 is 11.6 Å². The highest BCUT2D eigenvalue weighted by Gasteiger charge is 2.31. The Morgan fingerprint density at radius 2 is 1.68 bits per heavy atom. The topological polar surface area (TPSA) is 75.0 Å². The highest BCUT2D eigenvalue weighted by molar-refractivity contribution is 6.30. The Kier molecular flexibility index (Phi) is 5.65. The third kappa shape index (κ3) is 3.56. The van der Waals surface area contributed by atoms with Crippen molar-refractivity contribution in [2.45, 2.75) is 25.7 Å². The number of nitrogens with zero attached hydrogens (tertiary/aromatic N) is 3. The molecule has 34 heavy (non-hydrogen) atoms. The van der Waals surface area contributed by atoms with E-state index in [4.69, 9.17) is 30.9 Å². The van der Waals surface area contributed by atoms with Crippen LogP contribution in [0, 0.1) is 6.92 Å². The first-order chi connectivity index (χ1) is 16.4. The smallest absolute Gasteiger partial charge is 0.203 e. The standard InChI is InChI=1S/C26H24ClN3O4/c1-14-24(15-5-7-18(27)8-6-15)26-28-13-19-20(30(26)29-14)9-16(10-21(19)31)17-11-22(32-2)25(34-4)23(12-17)33-3/h5-8,11-13,16H,9-10H2,1-4H3/t16-/m0/s1. The number of ketones is 1. The zero-order valence-electron chi connectivity index (χ0n) is 19.4. The lowest BCUT2D eigenvalue weighted by Crippen LogP contribution is -2.22. The minimum atomic E-state index is -0.0669. The van der Waals surface area contributed by atoms with Crippen molar-refractivity contribution < 1.29 is 19.0 Å². The summed E-state index contributed by atoms with van der Waals surface area (Å²) in [5, 5.41) is 5.45. The van der Waals surface area contributed by atoms with Gasteiger partial charge >= 0.3 is 0 Å². The summed E-state index contributed by atoms with van der Waals surface area (Å²) < 4.78 is 18.3. The predicted molar refractivity (Wildman–Crippen MR) is 130 cm³/mol. The van der Waals surface area contributed by atoms with Gasteiger partial charge in [0.15, 0.2) is 22.9 Å². The van der Waals surface area contributed by atoms with E-state index in [0.717, 1.165) is 33.7 Å². The van der Waals surface area contributed by atoms with Gasteiger partial charge in [-0.05, 0) is 54.7 Å². The molecule has 2 heterocycles. The Hall–Kier alpha value is -3.58. The van der Waals surface area contributed by atoms with Crippen molar-refractivity contribution in [1.82, 2.24) is 14.6 Å². The molecule has 5 rings (SSSR count). The van der Waals surface area contributed by atoms with Crippen LogP contribution in [0.4, 0.5) is 0 Å². The van der Waals surface area contributed by atoms with Crippen molar-refractivity contribution in [2.24, 2.45) is 0 Å². The molecule has 1 atom stereocenters. The molecule has 1 aliphatic carbocycles. The van der Waals surface area contributed by atoms with E-state index in [2.05, 4.69) is 4.98 Å². The molecule has 0 saturated heterocycles. The number of aromatic nitrogens is 3. The lowest BCUT2D eigenvalue weighted by atomic mass is 9.82. The van der Waals surface area contributed by atoms with E-state index < -0.39 is 0 Å². The summed E-state index contributed by atoms with van der Waals surface area (Å²) in [5.74, 6) is 1.63. The molecule has 0 aliphatic heterocycles. The molecule has 1 aliphatic rings. The van der Waals surface area contributed by atoms with Crippen LogP contribution in [-0.4, -0.2) is 41.7 Å². The Balaban J connectivity index is 1.62. The van der Waals surface area contributed by atoms with Gasteiger partial charge in [-0.2, -0.15) is 5.10 Å². The number of methoxy groups -OCH3 is 3. The van der Waals surface area contributed by atoms with Crippen LogP contribution in [0.25, 0.3) is 16.8 Å². The first-order valence-electron chi connectivity index (χ1n) is 10.9. The molecule has 2 aromatic heterocycles. The van der Waals surface area contributed by atoms with Gasteiger partial charge < -0.3 is 14.2 Å². The van der Waals surface area contributed by atoms with Crippen LogP contribution in [0.15, 0.2) is 42.6 Å². The highest BCUT2D eigenvalue weighted by atomic mass is 35.5. The second kappa shape index (κ2) is 8.65. The first kappa shape index (κ1) is 22.2. The maximum atomic E-state index is 13.2. The van der Waals surface area contributed by atoms with Crippen LogP contribution in [0.5, 0.6) is 17.2 Å². The van der Waals surface area contributed by atoms with E-state index in [1.165, 1.54) is 0 Å². The van der Waals surface area contributed by atoms with Crippen LogP contribution in [-0.2, 0) is 6.42 Å². The lowest BCUT2D eigenvalue weighted by molar-refractivity contribution is 0.0962. The van der Waals surface area contributed by atoms with Gasteiger partial charge in [0.05, 0.1) is 38.3 Å². The number of ether oxygens (including phenoxy) is 3. The second-order valence-electron chi connectivity index (χ2n) is 8.31. The van der Waals surface area contributed by atoms with Crippen molar-refractivity contribution in [3.8, 4) is 28.4 Å². The molecule has 0 saturated carbocycles. The van der Waals surface area contributed by atoms with Gasteiger partial charge in [-0.15, -0.1) is 0 Å². The number of halogens is 1. The lowest BCUT2D eigenvalue weighted by Gasteiger charge is -2.25. The Labute approximate surface area is 202 Å². The Bertz CT molecular complexity index is 1390. The number of hydrogen-bond acceptors (Lipinski definition) is 6. The highest BCUT2D eigenvalue weighted by Crippen LogP contribution is 2.43. The predicted octanol–water partition coefficient (Wildman–Crippen LogP) is 5.30. The minimum Gasteiger partial charge on any atom is -0.493 e. The van der Waals surface area contributed by atoms with Crippen molar-refractivity contribution in [2.75, 3.05) is 21.3 Å². The number of hydrogen-bond donors (Lipinski definition) is 0. The molecule has 2 aromatic carbocycles. The molecule has 0 unspecified atom stereocenters. The second-order valence-corrected chi connectivity index (χ2v) is 8.74. The first-order valence-corrected chi connectivity index (χ1v) is 11.3. The fourth-order valence-corrected chi connectivity index (χ4v) is 4.86. The Morgan fingerprint density at radius 3 is 2.29 bits per heavy atom. The number of carbonyl (C=O) groups excluding carboxylic acids is 1. The van der Waals surface area contributed by atoms with Crippen LogP contribution < -0.4 is 14.2 Å². The van der Waals surface area contributed by atoms with Gasteiger partial charge in [-0.3, -0.25) is 4.79 Å². The molecule has 8 heteroatoms. The van der Waals surface area contributed by atoms with Crippen LogP contribution in [0.3, 0.4) is 0 Å². The Morgan fingerprint density at radius 1 is 1.00 bits per heavy atom. The maximum Gasteiger partial charge on any atom is 0.203 e. The van der Waals surface area contributed by atoms with Crippen molar-refractivity contribution >= 4 is 23.0 Å². The van der Waals surface area contributed by atoms with Crippen molar-refractivity contribution in [1.29, 1.82) is 0 Å². The molecule has 0 spiro atoms. The van der Waals surface area contributed by atoms with Gasteiger partial charge in [0, 0.05) is 23.2 Å². The SMILES string of the molecule is COc1cc([C@@H]2CC(=O)c3cnc4c(-c5ccc(Cl)cc5)c(C)nn4c3C2)cc(OC)c1OC. The normalized spacial score (nSPS) is 15.3. The van der Waals surface area contributed by atoms with Gasteiger partial charge in [0.2, 0.25) is 5.75 Å². The summed E-state index contributed by atoms with van der Waals surface area (Å²) in [4.78, 5) is 17.8.